The van der Waals surface area contributed by atoms with Gasteiger partial charge in [0.05, 0.1) is 6.54 Å². The topological polar surface area (TPSA) is 67.5 Å². The molecule has 6 rings (SSSR count). The minimum Gasteiger partial charge on any atom is -0.460 e. The Balaban J connectivity index is 1.31. The van der Waals surface area contributed by atoms with Crippen molar-refractivity contribution < 1.29 is 9.21 Å². The number of nitrogens with zero attached hydrogens (tertiary/aromatic N) is 2. The van der Waals surface area contributed by atoms with Gasteiger partial charge in [0.15, 0.2) is 0 Å². The largest absolute Gasteiger partial charge is 0.460 e. The van der Waals surface area contributed by atoms with Crippen LogP contribution in [0.4, 0.5) is 5.69 Å². The molecule has 4 heterocycles. The molecule has 0 spiro atoms. The molecule has 172 valence electrons. The standard InChI is InChI=1S/C28H27N3O3/c1-18(32)29-23-8-6-20(7-9-23)25-10-11-27(33)31-15-19-12-22(28(25)31)16-30(14-19)17-24-13-21-4-2-3-5-26(21)34-24/h2-11,13,19,22H,12,14-17H2,1H3,(H,29,32)/t19-,22-/m0/s1. The third kappa shape index (κ3) is 3.84. The highest BCUT2D eigenvalue weighted by atomic mass is 16.3. The van der Waals surface area contributed by atoms with Crippen LogP contribution in [-0.4, -0.2) is 28.5 Å². The fraction of sp³-hybridized carbons (Fsp3) is 0.286. The molecule has 6 nitrogen and oxygen atoms in total. The minimum atomic E-state index is -0.0887. The van der Waals surface area contributed by atoms with Crippen LogP contribution in [0.5, 0.6) is 0 Å². The average Bonchev–Trinajstić information content (AvgIpc) is 3.22. The summed E-state index contributed by atoms with van der Waals surface area (Å²) in [6.07, 6.45) is 1.09. The van der Waals surface area contributed by atoms with Gasteiger partial charge in [-0.3, -0.25) is 14.5 Å². The summed E-state index contributed by atoms with van der Waals surface area (Å²) in [4.78, 5) is 26.7. The number of nitrogens with one attached hydrogen (secondary N) is 1. The van der Waals surface area contributed by atoms with Gasteiger partial charge in [0.2, 0.25) is 5.91 Å². The number of fused-ring (bicyclic) bond motifs is 5. The van der Waals surface area contributed by atoms with Crippen LogP contribution in [-0.2, 0) is 17.9 Å². The van der Waals surface area contributed by atoms with Crippen LogP contribution < -0.4 is 10.9 Å². The average molecular weight is 454 g/mol. The van der Waals surface area contributed by atoms with Gasteiger partial charge < -0.3 is 14.3 Å². The van der Waals surface area contributed by atoms with Crippen molar-refractivity contribution in [3.63, 3.8) is 0 Å². The van der Waals surface area contributed by atoms with E-state index >= 15 is 0 Å². The molecule has 2 aromatic heterocycles. The quantitative estimate of drug-likeness (QED) is 0.480. The number of hydrogen-bond acceptors (Lipinski definition) is 4. The molecule has 2 aliphatic rings. The van der Waals surface area contributed by atoms with E-state index in [0.717, 1.165) is 71.8 Å². The van der Waals surface area contributed by atoms with E-state index in [1.165, 1.54) is 6.92 Å². The summed E-state index contributed by atoms with van der Waals surface area (Å²) in [6, 6.07) is 21.8. The predicted molar refractivity (Wildman–Crippen MR) is 133 cm³/mol. The van der Waals surface area contributed by atoms with E-state index in [4.69, 9.17) is 4.42 Å². The Morgan fingerprint density at radius 2 is 1.85 bits per heavy atom. The van der Waals surface area contributed by atoms with Crippen molar-refractivity contribution >= 4 is 22.6 Å². The van der Waals surface area contributed by atoms with Crippen molar-refractivity contribution in [3.05, 3.63) is 88.5 Å². The first-order chi connectivity index (χ1) is 16.5. The summed E-state index contributed by atoms with van der Waals surface area (Å²) >= 11 is 0. The van der Waals surface area contributed by atoms with Gasteiger partial charge >= 0.3 is 0 Å². The molecular formula is C28H27N3O3. The molecule has 2 atom stereocenters. The zero-order valence-corrected chi connectivity index (χ0v) is 19.2. The fourth-order valence-electron chi connectivity index (χ4n) is 5.76. The zero-order chi connectivity index (χ0) is 23.2. The smallest absolute Gasteiger partial charge is 0.250 e. The van der Waals surface area contributed by atoms with Crippen molar-refractivity contribution in [2.24, 2.45) is 5.92 Å². The van der Waals surface area contributed by atoms with Crippen LogP contribution in [0.15, 0.2) is 75.9 Å². The summed E-state index contributed by atoms with van der Waals surface area (Å²) in [6.45, 7) is 4.89. The summed E-state index contributed by atoms with van der Waals surface area (Å²) < 4.78 is 8.08. The first-order valence-electron chi connectivity index (χ1n) is 11.8. The number of pyridine rings is 1. The summed E-state index contributed by atoms with van der Waals surface area (Å²) in [5.41, 5.74) is 5.07. The summed E-state index contributed by atoms with van der Waals surface area (Å²) in [7, 11) is 0. The predicted octanol–water partition coefficient (Wildman–Crippen LogP) is 4.84. The second-order valence-corrected chi connectivity index (χ2v) is 9.58. The molecule has 0 saturated carbocycles. The lowest BCUT2D eigenvalue weighted by Crippen LogP contribution is -2.46. The molecule has 2 aliphatic heterocycles. The van der Waals surface area contributed by atoms with E-state index in [2.05, 4.69) is 22.3 Å². The molecule has 0 aliphatic carbocycles. The van der Waals surface area contributed by atoms with E-state index in [1.54, 1.807) is 6.07 Å². The van der Waals surface area contributed by atoms with Gasteiger partial charge in [0.1, 0.15) is 11.3 Å². The van der Waals surface area contributed by atoms with E-state index in [-0.39, 0.29) is 17.4 Å². The van der Waals surface area contributed by atoms with Gasteiger partial charge in [-0.15, -0.1) is 0 Å². The molecule has 1 amide bonds. The Labute approximate surface area is 197 Å². The number of amides is 1. The van der Waals surface area contributed by atoms with E-state index in [9.17, 15) is 9.59 Å². The molecule has 2 bridgehead atoms. The van der Waals surface area contributed by atoms with Crippen molar-refractivity contribution in [1.29, 1.82) is 0 Å². The number of rotatable bonds is 4. The number of piperidine rings is 1. The molecule has 1 N–H and O–H groups in total. The van der Waals surface area contributed by atoms with E-state index in [0.29, 0.717) is 5.92 Å². The van der Waals surface area contributed by atoms with Crippen molar-refractivity contribution in [1.82, 2.24) is 9.47 Å². The second-order valence-electron chi connectivity index (χ2n) is 9.58. The van der Waals surface area contributed by atoms with Crippen LogP contribution in [0.3, 0.4) is 0 Å². The monoisotopic (exact) mass is 453 g/mol. The minimum absolute atomic E-state index is 0.0778. The van der Waals surface area contributed by atoms with Crippen molar-refractivity contribution in [2.45, 2.75) is 32.4 Å². The number of carbonyl (C=O) groups is 1. The SMILES string of the molecule is CC(=O)Nc1ccc(-c2ccc(=O)n3c2[C@H]2C[C@@H](CN(Cc4cc5ccccc5o4)C2)C3)cc1. The first kappa shape index (κ1) is 20.9. The molecule has 0 radical (unpaired) electrons. The van der Waals surface area contributed by atoms with Gasteiger partial charge in [0, 0.05) is 60.9 Å². The normalized spacial score (nSPS) is 19.7. The number of aromatic nitrogens is 1. The molecule has 4 aromatic rings. The maximum absolute atomic E-state index is 12.8. The number of furan rings is 1. The van der Waals surface area contributed by atoms with E-state index < -0.39 is 0 Å². The lowest BCUT2D eigenvalue weighted by Gasteiger charge is -2.43. The Kier molecular flexibility index (Phi) is 5.11. The van der Waals surface area contributed by atoms with Crippen LogP contribution in [0.2, 0.25) is 0 Å². The third-order valence-electron chi connectivity index (χ3n) is 7.04. The summed E-state index contributed by atoms with van der Waals surface area (Å²) in [5.74, 6) is 1.64. The molecule has 34 heavy (non-hydrogen) atoms. The molecular weight excluding hydrogens is 426 g/mol. The maximum Gasteiger partial charge on any atom is 0.250 e. The number of benzene rings is 2. The Morgan fingerprint density at radius 1 is 1.03 bits per heavy atom. The van der Waals surface area contributed by atoms with Crippen LogP contribution in [0.1, 0.15) is 30.7 Å². The molecule has 0 unspecified atom stereocenters. The molecule has 2 aromatic carbocycles. The van der Waals surface area contributed by atoms with Gasteiger partial charge in [-0.2, -0.15) is 0 Å². The highest BCUT2D eigenvalue weighted by molar-refractivity contribution is 5.89. The number of carbonyl (C=O) groups excluding carboxylic acids is 1. The van der Waals surface area contributed by atoms with Crippen LogP contribution >= 0.6 is 0 Å². The van der Waals surface area contributed by atoms with Gasteiger partial charge in [-0.1, -0.05) is 30.3 Å². The molecule has 6 heteroatoms. The number of hydrogen-bond donors (Lipinski definition) is 1. The number of anilines is 1. The maximum atomic E-state index is 12.8. The zero-order valence-electron chi connectivity index (χ0n) is 19.2. The van der Waals surface area contributed by atoms with Crippen molar-refractivity contribution in [3.8, 4) is 11.1 Å². The molecule has 1 saturated heterocycles. The van der Waals surface area contributed by atoms with Gasteiger partial charge in [-0.25, -0.2) is 0 Å². The Bertz CT molecular complexity index is 1400. The number of para-hydroxylation sites is 1. The summed E-state index contributed by atoms with van der Waals surface area (Å²) in [5, 5.41) is 3.95. The molecule has 1 fully saturated rings. The lowest BCUT2D eigenvalue weighted by molar-refractivity contribution is -0.114. The van der Waals surface area contributed by atoms with Crippen LogP contribution in [0, 0.1) is 5.92 Å². The fourth-order valence-corrected chi connectivity index (χ4v) is 5.76. The highest BCUT2D eigenvalue weighted by Gasteiger charge is 2.36. The van der Waals surface area contributed by atoms with Crippen molar-refractivity contribution in [2.75, 3.05) is 18.4 Å². The Morgan fingerprint density at radius 3 is 2.65 bits per heavy atom. The third-order valence-corrected chi connectivity index (χ3v) is 7.04. The van der Waals surface area contributed by atoms with Gasteiger partial charge in [0.25, 0.3) is 5.56 Å². The van der Waals surface area contributed by atoms with Crippen LogP contribution in [0.25, 0.3) is 22.1 Å². The Hall–Kier alpha value is -3.64. The lowest BCUT2D eigenvalue weighted by atomic mass is 9.80. The van der Waals surface area contributed by atoms with E-state index in [1.807, 2.05) is 53.1 Å². The highest BCUT2D eigenvalue weighted by Crippen LogP contribution is 2.40. The second kappa shape index (κ2) is 8.29. The van der Waals surface area contributed by atoms with Gasteiger partial charge in [-0.05, 0) is 48.2 Å². The first-order valence-corrected chi connectivity index (χ1v) is 11.8. The number of likely N-dealkylation sites (tertiary alicyclic amines) is 1.